The standard InChI is InChI=1S/C52H37N/c1-3-11-38(12-4-1)40-21-25-42(26-22-40)44-29-33-48(34-30-44)53(50-18-9-17-47(37-50)52-20-10-16-46-15-7-8-19-51(46)52)49-35-31-45(32-36-49)43-27-23-41(24-28-43)39-13-5-2-6-14-39/h1-37H/i1D,3D,4D,9D,11D,12D,17D,18D,21D,22D,25D,26D,29D,30D,31D,32D,33D,34D,35D,36D,37D. The number of anilines is 3. The third kappa shape index (κ3) is 6.65. The smallest absolute Gasteiger partial charge is 0.0651 e. The van der Waals surface area contributed by atoms with E-state index in [2.05, 4.69) is 0 Å². The fourth-order valence-corrected chi connectivity index (χ4v) is 5.86. The predicted molar refractivity (Wildman–Crippen MR) is 226 cm³/mol. The minimum atomic E-state index is -1.06. The van der Waals surface area contributed by atoms with E-state index in [4.69, 9.17) is 15.1 Å². The monoisotopic (exact) mass is 696 g/mol. The Kier molecular flexibility index (Phi) is 4.49. The van der Waals surface area contributed by atoms with Gasteiger partial charge in [-0.05, 0) is 103 Å². The van der Waals surface area contributed by atoms with Crippen molar-refractivity contribution in [2.24, 2.45) is 0 Å². The van der Waals surface area contributed by atoms with E-state index in [1.165, 1.54) is 0 Å². The first-order valence-electron chi connectivity index (χ1n) is 27.0. The van der Waals surface area contributed by atoms with Crippen LogP contribution in [0, 0.1) is 0 Å². The third-order valence-electron chi connectivity index (χ3n) is 8.47. The molecule has 9 aromatic rings. The van der Waals surface area contributed by atoms with Crippen LogP contribution in [-0.2, 0) is 0 Å². The summed E-state index contributed by atoms with van der Waals surface area (Å²) < 4.78 is 191. The van der Waals surface area contributed by atoms with Crippen molar-refractivity contribution in [2.75, 3.05) is 4.90 Å². The Morgan fingerprint density at radius 3 is 1.42 bits per heavy atom. The van der Waals surface area contributed by atoms with Crippen LogP contribution in [0.15, 0.2) is 224 Å². The van der Waals surface area contributed by atoms with E-state index >= 15 is 0 Å². The van der Waals surface area contributed by atoms with Gasteiger partial charge in [0.25, 0.3) is 0 Å². The number of rotatable bonds is 8. The summed E-state index contributed by atoms with van der Waals surface area (Å²) in [7, 11) is 0. The van der Waals surface area contributed by atoms with Gasteiger partial charge in [0, 0.05) is 17.1 Å². The third-order valence-corrected chi connectivity index (χ3v) is 8.47. The maximum atomic E-state index is 9.82. The molecule has 1 heteroatoms. The molecule has 0 amide bonds. The van der Waals surface area contributed by atoms with Crippen LogP contribution in [0.5, 0.6) is 0 Å². The van der Waals surface area contributed by atoms with Gasteiger partial charge in [-0.3, -0.25) is 0 Å². The summed E-state index contributed by atoms with van der Waals surface area (Å²) in [6, 6.07) is 9.90. The van der Waals surface area contributed by atoms with Crippen LogP contribution in [0.3, 0.4) is 0 Å². The zero-order valence-corrected chi connectivity index (χ0v) is 27.7. The van der Waals surface area contributed by atoms with Crippen molar-refractivity contribution in [3.63, 3.8) is 0 Å². The van der Waals surface area contributed by atoms with Gasteiger partial charge in [-0.25, -0.2) is 0 Å². The summed E-state index contributed by atoms with van der Waals surface area (Å²) in [5.74, 6) is 0. The Hall–Kier alpha value is -6.96. The summed E-state index contributed by atoms with van der Waals surface area (Å²) in [6.07, 6.45) is 0. The van der Waals surface area contributed by atoms with E-state index in [1.807, 2.05) is 30.3 Å². The highest BCUT2D eigenvalue weighted by Gasteiger charge is 2.15. The lowest BCUT2D eigenvalue weighted by Crippen LogP contribution is -2.10. The van der Waals surface area contributed by atoms with Crippen molar-refractivity contribution in [1.29, 1.82) is 0 Å². The first-order chi connectivity index (χ1) is 35.0. The van der Waals surface area contributed by atoms with Gasteiger partial charge >= 0.3 is 0 Å². The first-order valence-corrected chi connectivity index (χ1v) is 16.5. The fourth-order valence-electron chi connectivity index (χ4n) is 5.86. The quantitative estimate of drug-likeness (QED) is 0.153. The second kappa shape index (κ2) is 14.3. The summed E-state index contributed by atoms with van der Waals surface area (Å²) in [6.45, 7) is 0. The fraction of sp³-hybridized carbons (Fsp3) is 0. The molecule has 1 nitrogen and oxygen atoms in total. The molecule has 0 saturated carbocycles. The molecular weight excluding hydrogens is 639 g/mol. The molecule has 53 heavy (non-hydrogen) atoms. The highest BCUT2D eigenvalue weighted by molar-refractivity contribution is 5.97. The van der Waals surface area contributed by atoms with E-state index in [9.17, 15) is 13.7 Å². The molecule has 0 radical (unpaired) electrons. The highest BCUT2D eigenvalue weighted by Crippen LogP contribution is 2.39. The lowest BCUT2D eigenvalue weighted by atomic mass is 9.97. The van der Waals surface area contributed by atoms with Crippen LogP contribution >= 0.6 is 0 Å². The molecule has 0 saturated heterocycles. The number of nitrogens with zero attached hydrogens (tertiary/aromatic N) is 1. The summed E-state index contributed by atoms with van der Waals surface area (Å²) in [5, 5.41) is 1.19. The first kappa shape index (κ1) is 16.6. The van der Waals surface area contributed by atoms with Crippen molar-refractivity contribution in [2.45, 2.75) is 0 Å². The van der Waals surface area contributed by atoms with Crippen LogP contribution in [0.25, 0.3) is 66.4 Å². The maximum absolute atomic E-state index is 9.82. The topological polar surface area (TPSA) is 3.24 Å². The van der Waals surface area contributed by atoms with Crippen LogP contribution in [-0.4, -0.2) is 0 Å². The normalized spacial score (nSPS) is 16.6. The van der Waals surface area contributed by atoms with Crippen LogP contribution in [0.4, 0.5) is 17.1 Å². The molecule has 9 aromatic carbocycles. The van der Waals surface area contributed by atoms with E-state index in [1.54, 1.807) is 66.7 Å². The Balaban J connectivity index is 1.35. The van der Waals surface area contributed by atoms with Gasteiger partial charge in [-0.1, -0.05) is 188 Å². The minimum absolute atomic E-state index is 0.176. The summed E-state index contributed by atoms with van der Waals surface area (Å²) in [4.78, 5) is 0.668. The maximum Gasteiger partial charge on any atom is 0.0651 e. The molecule has 0 unspecified atom stereocenters. The van der Waals surface area contributed by atoms with E-state index < -0.39 is 166 Å². The highest BCUT2D eigenvalue weighted by atomic mass is 15.1. The van der Waals surface area contributed by atoms with Crippen LogP contribution < -0.4 is 4.90 Å². The number of hydrogen-bond donors (Lipinski definition) is 0. The second-order valence-electron chi connectivity index (χ2n) is 11.7. The largest absolute Gasteiger partial charge is 0.310 e. The molecule has 0 aliphatic rings. The van der Waals surface area contributed by atoms with Gasteiger partial charge in [0.05, 0.1) is 28.8 Å². The lowest BCUT2D eigenvalue weighted by Gasteiger charge is -2.26. The van der Waals surface area contributed by atoms with Gasteiger partial charge in [-0.2, -0.15) is 0 Å². The zero-order valence-electron chi connectivity index (χ0n) is 48.7. The molecular formula is C52H37N. The Morgan fingerprint density at radius 1 is 0.302 bits per heavy atom. The molecule has 0 aromatic heterocycles. The van der Waals surface area contributed by atoms with E-state index in [0.29, 0.717) is 15.7 Å². The molecule has 0 aliphatic carbocycles. The van der Waals surface area contributed by atoms with Gasteiger partial charge in [0.1, 0.15) is 0 Å². The molecule has 250 valence electrons. The van der Waals surface area contributed by atoms with Gasteiger partial charge in [0.15, 0.2) is 0 Å². The Labute approximate surface area is 341 Å². The molecule has 9 rings (SSSR count). The van der Waals surface area contributed by atoms with Crippen molar-refractivity contribution in [3.05, 3.63) is 224 Å². The number of hydrogen-bond acceptors (Lipinski definition) is 1. The molecule has 0 heterocycles. The molecule has 0 fully saturated rings. The second-order valence-corrected chi connectivity index (χ2v) is 11.7. The van der Waals surface area contributed by atoms with Crippen molar-refractivity contribution >= 4 is 27.8 Å². The summed E-state index contributed by atoms with van der Waals surface area (Å²) in [5.41, 5.74) is -3.58. The molecule has 0 bridgehead atoms. The van der Waals surface area contributed by atoms with E-state index in [0.717, 1.165) is 11.1 Å². The van der Waals surface area contributed by atoms with Crippen molar-refractivity contribution in [1.82, 2.24) is 0 Å². The predicted octanol–water partition coefficient (Wildman–Crippen LogP) is 14.6. The Morgan fingerprint density at radius 2 is 0.774 bits per heavy atom. The van der Waals surface area contributed by atoms with Crippen molar-refractivity contribution < 1.29 is 28.8 Å². The molecule has 0 atom stereocenters. The average Bonchev–Trinajstić information content (AvgIpc) is 3.40. The van der Waals surface area contributed by atoms with Gasteiger partial charge < -0.3 is 4.90 Å². The number of benzene rings is 9. The SMILES string of the molecule is [2H]c1c([2H])c([2H])c(-c2c([2H])c([2H])c(-c3c([2H])c([2H])c(N(c4c([2H])c([2H])c(-c5ccc(-c6ccccc6)cc5)c([2H])c4[2H])c4c([2H])c([2H])c([2H])c(-c5cccc6ccccc56)c4[2H])c([2H])c3[2H])c([2H])c2[2H])c([2H])c1[2H]. The molecule has 0 N–H and O–H groups in total. The minimum Gasteiger partial charge on any atom is -0.310 e. The summed E-state index contributed by atoms with van der Waals surface area (Å²) >= 11 is 0. The number of fused-ring (bicyclic) bond motifs is 1. The lowest BCUT2D eigenvalue weighted by molar-refractivity contribution is 1.28. The van der Waals surface area contributed by atoms with Crippen LogP contribution in [0.2, 0.25) is 0 Å². The van der Waals surface area contributed by atoms with E-state index in [-0.39, 0.29) is 22.3 Å². The zero-order chi connectivity index (χ0) is 53.7. The molecule has 0 aliphatic heterocycles. The Bertz CT molecular complexity index is 3740. The van der Waals surface area contributed by atoms with Crippen LogP contribution in [0.1, 0.15) is 28.8 Å². The molecule has 0 spiro atoms. The average molecular weight is 697 g/mol. The van der Waals surface area contributed by atoms with Gasteiger partial charge in [0.2, 0.25) is 0 Å². The van der Waals surface area contributed by atoms with Crippen molar-refractivity contribution in [3.8, 4) is 55.6 Å². The van der Waals surface area contributed by atoms with Gasteiger partial charge in [-0.15, -0.1) is 0 Å².